The highest BCUT2D eigenvalue weighted by molar-refractivity contribution is 8.13. The number of piperidine rings is 2. The van der Waals surface area contributed by atoms with E-state index >= 15 is 0 Å². The van der Waals surface area contributed by atoms with Crippen LogP contribution in [0.3, 0.4) is 0 Å². The highest BCUT2D eigenvalue weighted by atomic mass is 32.2. The van der Waals surface area contributed by atoms with Gasteiger partial charge in [-0.1, -0.05) is 20.8 Å². The Hall–Kier alpha value is -0.630. The van der Waals surface area contributed by atoms with Gasteiger partial charge in [0.1, 0.15) is 0 Å². The molecule has 2 atom stereocenters. The lowest BCUT2D eigenvalue weighted by atomic mass is 9.85. The molecular formula is C21H33N3O2S2. The number of likely N-dealkylation sites (tertiary alicyclic amines) is 1. The second-order valence-electron chi connectivity index (χ2n) is 8.99. The van der Waals surface area contributed by atoms with Crippen LogP contribution in [0.15, 0.2) is 27.7 Å². The molecule has 2 unspecified atom stereocenters. The Labute approximate surface area is 174 Å². The van der Waals surface area contributed by atoms with E-state index in [-0.39, 0.29) is 11.2 Å². The van der Waals surface area contributed by atoms with E-state index in [1.54, 1.807) is 22.1 Å². The van der Waals surface area contributed by atoms with Crippen molar-refractivity contribution in [3.63, 3.8) is 0 Å². The zero-order valence-corrected chi connectivity index (χ0v) is 18.9. The van der Waals surface area contributed by atoms with E-state index in [4.69, 9.17) is 0 Å². The summed E-state index contributed by atoms with van der Waals surface area (Å²) >= 11 is 1.63. The monoisotopic (exact) mass is 423 g/mol. The topological polar surface area (TPSA) is 53.0 Å². The molecular weight excluding hydrogens is 390 g/mol. The van der Waals surface area contributed by atoms with Crippen LogP contribution in [-0.4, -0.2) is 60.6 Å². The van der Waals surface area contributed by atoms with E-state index in [9.17, 15) is 8.42 Å². The number of hydrogen-bond acceptors (Lipinski definition) is 5. The normalized spacial score (nSPS) is 31.1. The highest BCUT2D eigenvalue weighted by Crippen LogP contribution is 2.41. The predicted molar refractivity (Wildman–Crippen MR) is 118 cm³/mol. The predicted octanol–water partition coefficient (Wildman–Crippen LogP) is 3.71. The molecule has 2 fully saturated rings. The van der Waals surface area contributed by atoms with E-state index < -0.39 is 10.0 Å². The van der Waals surface area contributed by atoms with Gasteiger partial charge in [-0.2, -0.15) is 4.31 Å². The summed E-state index contributed by atoms with van der Waals surface area (Å²) in [5, 5.41) is 0.148. The molecule has 0 aromatic carbocycles. The number of fused-ring (bicyclic) bond motifs is 1. The summed E-state index contributed by atoms with van der Waals surface area (Å²) in [4.78, 5) is 7.54. The Morgan fingerprint density at radius 1 is 1.07 bits per heavy atom. The number of nitrogens with zero attached hydrogens (tertiary/aromatic N) is 3. The van der Waals surface area contributed by atoms with Crippen LogP contribution >= 0.6 is 11.8 Å². The van der Waals surface area contributed by atoms with Gasteiger partial charge in [0.25, 0.3) is 0 Å². The third-order valence-corrected chi connectivity index (χ3v) is 10.4. The third kappa shape index (κ3) is 3.87. The maximum atomic E-state index is 13.3. The van der Waals surface area contributed by atoms with E-state index in [1.807, 2.05) is 18.5 Å². The molecule has 28 heavy (non-hydrogen) atoms. The van der Waals surface area contributed by atoms with Crippen LogP contribution in [0.1, 0.15) is 46.5 Å². The first-order valence-corrected chi connectivity index (χ1v) is 13.1. The first-order chi connectivity index (χ1) is 13.4. The molecule has 5 nitrogen and oxygen atoms in total. The molecule has 3 heterocycles. The summed E-state index contributed by atoms with van der Waals surface area (Å²) in [5.41, 5.74) is 2.84. The first kappa shape index (κ1) is 20.6. The zero-order valence-electron chi connectivity index (χ0n) is 17.3. The molecule has 0 aromatic heterocycles. The van der Waals surface area contributed by atoms with Gasteiger partial charge < -0.3 is 4.90 Å². The molecule has 0 N–H and O–H groups in total. The van der Waals surface area contributed by atoms with E-state index in [1.165, 1.54) is 25.9 Å². The van der Waals surface area contributed by atoms with Crippen molar-refractivity contribution < 1.29 is 8.42 Å². The average molecular weight is 424 g/mol. The van der Waals surface area contributed by atoms with Crippen molar-refractivity contribution in [2.45, 2.75) is 57.7 Å². The Bertz CT molecular complexity index is 771. The van der Waals surface area contributed by atoms with Crippen molar-refractivity contribution in [2.75, 3.05) is 26.2 Å². The van der Waals surface area contributed by atoms with Crippen LogP contribution in [-0.2, 0) is 10.0 Å². The molecule has 4 aliphatic rings. The van der Waals surface area contributed by atoms with Crippen LogP contribution in [0.5, 0.6) is 0 Å². The summed E-state index contributed by atoms with van der Waals surface area (Å²) in [6.07, 6.45) is 8.16. The van der Waals surface area contributed by atoms with E-state index in [0.717, 1.165) is 30.4 Å². The van der Waals surface area contributed by atoms with E-state index in [0.29, 0.717) is 24.0 Å². The van der Waals surface area contributed by atoms with Gasteiger partial charge in [0.2, 0.25) is 10.0 Å². The minimum atomic E-state index is -3.38. The molecule has 1 aliphatic carbocycles. The molecule has 0 saturated carbocycles. The third-order valence-electron chi connectivity index (χ3n) is 7.12. The van der Waals surface area contributed by atoms with Gasteiger partial charge in [-0.3, -0.25) is 4.99 Å². The summed E-state index contributed by atoms with van der Waals surface area (Å²) in [6, 6.07) is 0.544. The van der Waals surface area contributed by atoms with Crippen molar-refractivity contribution in [3.8, 4) is 0 Å². The number of aliphatic imine (C=N–C) groups is 1. The molecule has 3 aliphatic heterocycles. The van der Waals surface area contributed by atoms with Gasteiger partial charge in [0, 0.05) is 25.0 Å². The fourth-order valence-corrected chi connectivity index (χ4v) is 8.05. The maximum absolute atomic E-state index is 13.3. The number of allylic oxidation sites excluding steroid dienone is 3. The second kappa shape index (κ2) is 8.25. The van der Waals surface area contributed by atoms with Gasteiger partial charge in [0.15, 0.2) is 0 Å². The summed E-state index contributed by atoms with van der Waals surface area (Å²) < 4.78 is 28.3. The molecule has 0 aromatic rings. The Balaban J connectivity index is 1.37. The lowest BCUT2D eigenvalue weighted by Crippen LogP contribution is -2.49. The molecule has 7 heteroatoms. The lowest BCUT2D eigenvalue weighted by Gasteiger charge is -2.42. The van der Waals surface area contributed by atoms with Crippen LogP contribution < -0.4 is 0 Å². The summed E-state index contributed by atoms with van der Waals surface area (Å²) in [5.74, 6) is 1.61. The highest BCUT2D eigenvalue weighted by Gasteiger charge is 2.40. The van der Waals surface area contributed by atoms with Gasteiger partial charge in [0.05, 0.1) is 21.4 Å². The molecule has 0 radical (unpaired) electrons. The SMILES string of the molecule is CC(C)C1CCN(C2CCN(S(=O)(=O)C3=CC=C4N=CSC4C3C)CC2)CC1. The van der Waals surface area contributed by atoms with Crippen molar-refractivity contribution in [2.24, 2.45) is 22.7 Å². The molecule has 2 saturated heterocycles. The summed E-state index contributed by atoms with van der Waals surface area (Å²) in [6.45, 7) is 10.3. The van der Waals surface area contributed by atoms with Crippen LogP contribution in [0.25, 0.3) is 0 Å². The second-order valence-corrected chi connectivity index (χ2v) is 11.9. The smallest absolute Gasteiger partial charge is 0.239 e. The van der Waals surface area contributed by atoms with Gasteiger partial charge in [-0.15, -0.1) is 11.8 Å². The van der Waals surface area contributed by atoms with Crippen LogP contribution in [0, 0.1) is 17.8 Å². The molecule has 0 bridgehead atoms. The average Bonchev–Trinajstić information content (AvgIpc) is 3.18. The molecule has 4 rings (SSSR count). The van der Waals surface area contributed by atoms with E-state index in [2.05, 4.69) is 23.7 Å². The Morgan fingerprint density at radius 2 is 1.75 bits per heavy atom. The Kier molecular flexibility index (Phi) is 6.08. The standard InChI is InChI=1S/C21H33N3O2S2/c1-15(2)17-6-10-23(11-7-17)18-8-12-24(13-9-18)28(25,26)20-5-4-19-21(16(20)3)27-14-22-19/h4-5,14-18,21H,6-13H2,1-3H3. The van der Waals surface area contributed by atoms with Crippen molar-refractivity contribution in [3.05, 3.63) is 22.8 Å². The van der Waals surface area contributed by atoms with Crippen LogP contribution in [0.2, 0.25) is 0 Å². The molecule has 0 spiro atoms. The van der Waals surface area contributed by atoms with Crippen molar-refractivity contribution >= 4 is 27.3 Å². The Morgan fingerprint density at radius 3 is 2.39 bits per heavy atom. The van der Waals surface area contributed by atoms with Crippen LogP contribution in [0.4, 0.5) is 0 Å². The maximum Gasteiger partial charge on any atom is 0.239 e. The van der Waals surface area contributed by atoms with Crippen molar-refractivity contribution in [1.29, 1.82) is 0 Å². The number of thioether (sulfide) groups is 1. The summed E-state index contributed by atoms with van der Waals surface area (Å²) in [7, 11) is -3.38. The fraction of sp³-hybridized carbons (Fsp3) is 0.762. The minimum Gasteiger partial charge on any atom is -0.300 e. The first-order valence-electron chi connectivity index (χ1n) is 10.7. The molecule has 156 valence electrons. The van der Waals surface area contributed by atoms with Gasteiger partial charge >= 0.3 is 0 Å². The molecule has 0 amide bonds. The number of sulfonamides is 1. The lowest BCUT2D eigenvalue weighted by molar-refractivity contribution is 0.0856. The minimum absolute atomic E-state index is 0.0229. The largest absolute Gasteiger partial charge is 0.300 e. The number of rotatable bonds is 4. The van der Waals surface area contributed by atoms with Crippen molar-refractivity contribution in [1.82, 2.24) is 9.21 Å². The number of hydrogen-bond donors (Lipinski definition) is 0. The van der Waals surface area contributed by atoms with Gasteiger partial charge in [-0.05, 0) is 62.8 Å². The van der Waals surface area contributed by atoms with Gasteiger partial charge in [-0.25, -0.2) is 8.42 Å². The fourth-order valence-electron chi connectivity index (χ4n) is 5.15. The zero-order chi connectivity index (χ0) is 19.9. The quantitative estimate of drug-likeness (QED) is 0.692.